The molecule has 1 aliphatic heterocycles. The van der Waals surface area contributed by atoms with Gasteiger partial charge in [-0.15, -0.1) is 0 Å². The van der Waals surface area contributed by atoms with Crippen LogP contribution in [0.4, 0.5) is 0 Å². The average molecular weight is 327 g/mol. The second-order valence-corrected chi connectivity index (χ2v) is 5.83. The Kier molecular flexibility index (Phi) is 6.62. The Morgan fingerprint density at radius 2 is 2.12 bits per heavy atom. The number of aliphatic imine (C=N–C) groups is 1. The maximum absolute atomic E-state index is 11.8. The maximum atomic E-state index is 11.8. The van der Waals surface area contributed by atoms with Gasteiger partial charge in [0.2, 0.25) is 5.91 Å². The van der Waals surface area contributed by atoms with Crippen molar-refractivity contribution in [2.45, 2.75) is 39.3 Å². The van der Waals surface area contributed by atoms with E-state index in [-0.39, 0.29) is 11.9 Å². The van der Waals surface area contributed by atoms with E-state index < -0.39 is 0 Å². The number of guanidine groups is 1. The normalized spacial score (nSPS) is 17.5. The molecule has 2 N–H and O–H groups in total. The number of nitrogens with one attached hydrogen (secondary N) is 2. The molecule has 1 fully saturated rings. The van der Waals surface area contributed by atoms with E-state index in [9.17, 15) is 4.79 Å². The van der Waals surface area contributed by atoms with Gasteiger partial charge in [0.15, 0.2) is 5.96 Å². The monoisotopic (exact) mass is 327 g/mol. The van der Waals surface area contributed by atoms with Crippen LogP contribution in [0.5, 0.6) is 0 Å². The lowest BCUT2D eigenvalue weighted by Gasteiger charge is -2.18. The van der Waals surface area contributed by atoms with Crippen molar-refractivity contribution in [3.63, 3.8) is 0 Å². The van der Waals surface area contributed by atoms with E-state index in [2.05, 4.69) is 21.7 Å². The van der Waals surface area contributed by atoms with E-state index in [1.165, 1.54) is 0 Å². The van der Waals surface area contributed by atoms with Crippen molar-refractivity contribution >= 4 is 11.9 Å². The highest BCUT2D eigenvalue weighted by Crippen LogP contribution is 2.10. The highest BCUT2D eigenvalue weighted by atomic mass is 16.2. The number of nitrogens with zero attached hydrogens (tertiary/aromatic N) is 3. The number of nitriles is 1. The molecule has 6 heteroatoms. The van der Waals surface area contributed by atoms with Gasteiger partial charge in [-0.2, -0.15) is 5.26 Å². The van der Waals surface area contributed by atoms with Gasteiger partial charge in [0.05, 0.1) is 18.2 Å². The van der Waals surface area contributed by atoms with Crippen molar-refractivity contribution in [2.75, 3.05) is 19.6 Å². The molecule has 1 atom stereocenters. The molecule has 1 saturated heterocycles. The summed E-state index contributed by atoms with van der Waals surface area (Å²) in [5.41, 5.74) is 1.71. The van der Waals surface area contributed by atoms with Gasteiger partial charge in [0.1, 0.15) is 0 Å². The third-order valence-electron chi connectivity index (χ3n) is 4.03. The highest BCUT2D eigenvalue weighted by molar-refractivity contribution is 5.80. The second-order valence-electron chi connectivity index (χ2n) is 5.83. The first kappa shape index (κ1) is 17.8. The first-order valence-corrected chi connectivity index (χ1v) is 8.48. The molecule has 6 nitrogen and oxygen atoms in total. The third-order valence-corrected chi connectivity index (χ3v) is 4.03. The summed E-state index contributed by atoms with van der Waals surface area (Å²) in [4.78, 5) is 18.3. The van der Waals surface area contributed by atoms with E-state index in [4.69, 9.17) is 5.26 Å². The number of amides is 1. The molecule has 128 valence electrons. The van der Waals surface area contributed by atoms with Gasteiger partial charge < -0.3 is 15.5 Å². The van der Waals surface area contributed by atoms with Crippen LogP contribution >= 0.6 is 0 Å². The van der Waals surface area contributed by atoms with Crippen LogP contribution in [0.15, 0.2) is 29.3 Å². The van der Waals surface area contributed by atoms with E-state index in [1.807, 2.05) is 30.9 Å². The van der Waals surface area contributed by atoms with Crippen molar-refractivity contribution in [2.24, 2.45) is 4.99 Å². The Hall–Kier alpha value is -2.55. The fourth-order valence-corrected chi connectivity index (χ4v) is 2.70. The van der Waals surface area contributed by atoms with Crippen LogP contribution in [0.1, 0.15) is 37.8 Å². The predicted molar refractivity (Wildman–Crippen MR) is 94.4 cm³/mol. The van der Waals surface area contributed by atoms with Crippen LogP contribution < -0.4 is 10.6 Å². The molecule has 0 aliphatic carbocycles. The number of hydrogen-bond acceptors (Lipinski definition) is 3. The number of carbonyl (C=O) groups is 1. The summed E-state index contributed by atoms with van der Waals surface area (Å²) in [5.74, 6) is 0.969. The molecule has 1 aromatic carbocycles. The minimum atomic E-state index is 0.207. The fraction of sp³-hybridized carbons (Fsp3) is 0.500. The Balaban J connectivity index is 1.93. The highest BCUT2D eigenvalue weighted by Gasteiger charge is 2.25. The van der Waals surface area contributed by atoms with Gasteiger partial charge in [0, 0.05) is 32.1 Å². The molecule has 1 amide bonds. The molecule has 1 heterocycles. The molecule has 2 rings (SSSR count). The lowest BCUT2D eigenvalue weighted by molar-refractivity contribution is -0.129. The summed E-state index contributed by atoms with van der Waals surface area (Å²) in [6.07, 6.45) is 1.49. The molecule has 1 aliphatic rings. The van der Waals surface area contributed by atoms with Gasteiger partial charge in [-0.05, 0) is 31.0 Å². The smallest absolute Gasteiger partial charge is 0.222 e. The van der Waals surface area contributed by atoms with E-state index in [1.54, 1.807) is 12.1 Å². The van der Waals surface area contributed by atoms with Crippen LogP contribution in [0.25, 0.3) is 0 Å². The fourth-order valence-electron chi connectivity index (χ4n) is 2.70. The SMILES string of the molecule is CCNC(=NCc1ccc(C#N)cc1)NC1CCN(C(=O)CC)C1. The number of benzene rings is 1. The van der Waals surface area contributed by atoms with Gasteiger partial charge >= 0.3 is 0 Å². The minimum Gasteiger partial charge on any atom is -0.357 e. The van der Waals surface area contributed by atoms with Gasteiger partial charge in [0.25, 0.3) is 0 Å². The molecule has 1 unspecified atom stereocenters. The zero-order valence-corrected chi connectivity index (χ0v) is 14.4. The van der Waals surface area contributed by atoms with Crippen molar-refractivity contribution in [3.05, 3.63) is 35.4 Å². The molecule has 0 radical (unpaired) electrons. The van der Waals surface area contributed by atoms with Gasteiger partial charge in [-0.3, -0.25) is 4.79 Å². The standard InChI is InChI=1S/C18H25N5O/c1-3-17(24)23-10-9-16(13-23)22-18(20-4-2)21-12-15-7-5-14(11-19)6-8-15/h5-8,16H,3-4,9-10,12-13H2,1-2H3,(H2,20,21,22). The molecule has 0 spiro atoms. The van der Waals surface area contributed by atoms with Gasteiger partial charge in [-0.25, -0.2) is 4.99 Å². The van der Waals surface area contributed by atoms with Crippen LogP contribution in [-0.4, -0.2) is 42.4 Å². The number of carbonyl (C=O) groups excluding carboxylic acids is 1. The Morgan fingerprint density at radius 1 is 1.38 bits per heavy atom. The molecular formula is C18H25N5O. The molecule has 0 saturated carbocycles. The lowest BCUT2D eigenvalue weighted by Crippen LogP contribution is -2.45. The van der Waals surface area contributed by atoms with Crippen molar-refractivity contribution < 1.29 is 4.79 Å². The third kappa shape index (κ3) is 4.98. The molecule has 1 aromatic rings. The molecule has 0 bridgehead atoms. The quantitative estimate of drug-likeness (QED) is 0.636. The van der Waals surface area contributed by atoms with Crippen molar-refractivity contribution in [1.29, 1.82) is 5.26 Å². The predicted octanol–water partition coefficient (Wildman–Crippen LogP) is 1.62. The van der Waals surface area contributed by atoms with Crippen LogP contribution in [0, 0.1) is 11.3 Å². The largest absolute Gasteiger partial charge is 0.357 e. The Labute approximate surface area is 143 Å². The Morgan fingerprint density at radius 3 is 2.75 bits per heavy atom. The maximum Gasteiger partial charge on any atom is 0.222 e. The Bertz CT molecular complexity index is 617. The van der Waals surface area contributed by atoms with E-state index in [0.717, 1.165) is 37.6 Å². The number of rotatable bonds is 5. The number of likely N-dealkylation sites (tertiary alicyclic amines) is 1. The van der Waals surface area contributed by atoms with Crippen molar-refractivity contribution in [1.82, 2.24) is 15.5 Å². The van der Waals surface area contributed by atoms with E-state index in [0.29, 0.717) is 18.5 Å². The molecule has 0 aromatic heterocycles. The first-order chi connectivity index (χ1) is 11.7. The zero-order chi connectivity index (χ0) is 17.4. The molecule has 24 heavy (non-hydrogen) atoms. The minimum absolute atomic E-state index is 0.207. The summed E-state index contributed by atoms with van der Waals surface area (Å²) < 4.78 is 0. The summed E-state index contributed by atoms with van der Waals surface area (Å²) in [6.45, 7) is 6.79. The second kappa shape index (κ2) is 8.92. The average Bonchev–Trinajstić information content (AvgIpc) is 3.08. The summed E-state index contributed by atoms with van der Waals surface area (Å²) >= 11 is 0. The number of hydrogen-bond donors (Lipinski definition) is 2. The van der Waals surface area contributed by atoms with Crippen molar-refractivity contribution in [3.8, 4) is 6.07 Å². The first-order valence-electron chi connectivity index (χ1n) is 8.48. The van der Waals surface area contributed by atoms with Crippen LogP contribution in [0.3, 0.4) is 0 Å². The topological polar surface area (TPSA) is 80.5 Å². The lowest BCUT2D eigenvalue weighted by atomic mass is 10.1. The summed E-state index contributed by atoms with van der Waals surface area (Å²) in [7, 11) is 0. The summed E-state index contributed by atoms with van der Waals surface area (Å²) in [6, 6.07) is 9.79. The van der Waals surface area contributed by atoms with Crippen LogP contribution in [0.2, 0.25) is 0 Å². The van der Waals surface area contributed by atoms with Crippen LogP contribution in [-0.2, 0) is 11.3 Å². The zero-order valence-electron chi connectivity index (χ0n) is 14.4. The van der Waals surface area contributed by atoms with Gasteiger partial charge in [-0.1, -0.05) is 19.1 Å². The summed E-state index contributed by atoms with van der Waals surface area (Å²) in [5, 5.41) is 15.5. The molecular weight excluding hydrogens is 302 g/mol. The van der Waals surface area contributed by atoms with E-state index >= 15 is 0 Å².